The lowest BCUT2D eigenvalue weighted by atomic mass is 10.1. The highest BCUT2D eigenvalue weighted by molar-refractivity contribution is 6.00. The van der Waals surface area contributed by atoms with Crippen LogP contribution in [-0.2, 0) is 6.18 Å². The maximum atomic E-state index is 13.9. The fraction of sp³-hybridized carbons (Fsp3) is 0.280. The van der Waals surface area contributed by atoms with Crippen molar-refractivity contribution in [1.82, 2.24) is 9.88 Å². The summed E-state index contributed by atoms with van der Waals surface area (Å²) in [6.07, 6.45) is 0.605. The second-order valence-electron chi connectivity index (χ2n) is 7.97. The fourth-order valence-corrected chi connectivity index (χ4v) is 3.80. The standard InChI is InChI=1S/C25H25F3N4O3/c26-25(27,28)23-21(7-4-8-22(23)34-16-15-32-13-1-2-14-32)31-24(33)30-18-5-3-6-20(17-18)35-19-9-11-29-12-10-19/h3-12,17H,1-2,13-16H2,(H2,30,31,33). The molecule has 1 saturated heterocycles. The molecule has 2 amide bonds. The molecule has 0 saturated carbocycles. The Kier molecular flexibility index (Phi) is 7.71. The zero-order valence-electron chi connectivity index (χ0n) is 18.8. The number of halogens is 3. The number of carbonyl (C=O) groups excluding carboxylic acids is 1. The third kappa shape index (κ3) is 6.86. The van der Waals surface area contributed by atoms with Crippen molar-refractivity contribution in [2.75, 3.05) is 36.9 Å². The SMILES string of the molecule is O=C(Nc1cccc(Oc2ccncc2)c1)Nc1cccc(OCCN2CCCC2)c1C(F)(F)F. The highest BCUT2D eigenvalue weighted by atomic mass is 19.4. The number of rotatable bonds is 8. The van der Waals surface area contributed by atoms with Crippen molar-refractivity contribution in [2.45, 2.75) is 19.0 Å². The molecular weight excluding hydrogens is 461 g/mol. The number of amides is 2. The van der Waals surface area contributed by atoms with Gasteiger partial charge < -0.3 is 20.1 Å². The van der Waals surface area contributed by atoms with Gasteiger partial charge in [0.2, 0.25) is 0 Å². The number of nitrogens with zero attached hydrogens (tertiary/aromatic N) is 2. The molecule has 0 aliphatic carbocycles. The number of alkyl halides is 3. The Hall–Kier alpha value is -3.79. The van der Waals surface area contributed by atoms with Crippen molar-refractivity contribution in [3.63, 3.8) is 0 Å². The molecule has 0 unspecified atom stereocenters. The van der Waals surface area contributed by atoms with E-state index in [-0.39, 0.29) is 12.4 Å². The molecule has 0 bridgehead atoms. The Morgan fingerprint density at radius 2 is 1.71 bits per heavy atom. The number of pyridine rings is 1. The summed E-state index contributed by atoms with van der Waals surface area (Å²) in [7, 11) is 0. The van der Waals surface area contributed by atoms with Crippen LogP contribution in [0.2, 0.25) is 0 Å². The maximum absolute atomic E-state index is 13.9. The number of urea groups is 1. The van der Waals surface area contributed by atoms with Crippen LogP contribution in [0.1, 0.15) is 18.4 Å². The van der Waals surface area contributed by atoms with Crippen molar-refractivity contribution in [3.05, 3.63) is 72.6 Å². The summed E-state index contributed by atoms with van der Waals surface area (Å²) in [5.74, 6) is 0.679. The molecule has 1 aromatic heterocycles. The average Bonchev–Trinajstić information content (AvgIpc) is 3.33. The lowest BCUT2D eigenvalue weighted by Crippen LogP contribution is -2.26. The van der Waals surface area contributed by atoms with Crippen LogP contribution >= 0.6 is 0 Å². The molecule has 184 valence electrons. The quantitative estimate of drug-likeness (QED) is 0.408. The number of likely N-dealkylation sites (tertiary alicyclic amines) is 1. The van der Waals surface area contributed by atoms with E-state index in [1.54, 1.807) is 48.8 Å². The molecule has 3 aromatic rings. The molecular formula is C25H25F3N4O3. The topological polar surface area (TPSA) is 75.7 Å². The second-order valence-corrected chi connectivity index (χ2v) is 7.97. The van der Waals surface area contributed by atoms with Gasteiger partial charge in [0.25, 0.3) is 0 Å². The summed E-state index contributed by atoms with van der Waals surface area (Å²) in [6, 6.07) is 12.9. The first-order valence-electron chi connectivity index (χ1n) is 11.2. The zero-order chi connectivity index (χ0) is 24.7. The van der Waals surface area contributed by atoms with E-state index in [1.165, 1.54) is 18.2 Å². The van der Waals surface area contributed by atoms with Crippen molar-refractivity contribution < 1.29 is 27.4 Å². The van der Waals surface area contributed by atoms with E-state index in [2.05, 4.69) is 20.5 Å². The molecule has 0 radical (unpaired) electrons. The van der Waals surface area contributed by atoms with E-state index >= 15 is 0 Å². The number of anilines is 2. The number of hydrogen-bond donors (Lipinski definition) is 2. The summed E-state index contributed by atoms with van der Waals surface area (Å²) in [5.41, 5.74) is -1.06. The Balaban J connectivity index is 1.43. The minimum atomic E-state index is -4.72. The number of carbonyl (C=O) groups is 1. The smallest absolute Gasteiger partial charge is 0.421 e. The first kappa shape index (κ1) is 24.3. The van der Waals surface area contributed by atoms with Gasteiger partial charge in [-0.25, -0.2) is 4.79 Å². The highest BCUT2D eigenvalue weighted by Gasteiger charge is 2.38. The lowest BCUT2D eigenvalue weighted by Gasteiger charge is -2.20. The van der Waals surface area contributed by atoms with Crippen LogP contribution in [0.3, 0.4) is 0 Å². The van der Waals surface area contributed by atoms with Gasteiger partial charge in [0.1, 0.15) is 29.4 Å². The van der Waals surface area contributed by atoms with Crippen molar-refractivity contribution in [1.29, 1.82) is 0 Å². The van der Waals surface area contributed by atoms with Crippen molar-refractivity contribution in [2.24, 2.45) is 0 Å². The zero-order valence-corrected chi connectivity index (χ0v) is 18.8. The van der Waals surface area contributed by atoms with Crippen LogP contribution in [0.4, 0.5) is 29.3 Å². The summed E-state index contributed by atoms with van der Waals surface area (Å²) in [4.78, 5) is 18.6. The predicted octanol–water partition coefficient (Wildman–Crippen LogP) is 6.01. The Bertz CT molecular complexity index is 1140. The number of benzene rings is 2. The van der Waals surface area contributed by atoms with E-state index in [0.29, 0.717) is 23.7 Å². The van der Waals surface area contributed by atoms with Crippen LogP contribution in [0.5, 0.6) is 17.2 Å². The first-order valence-corrected chi connectivity index (χ1v) is 11.2. The minimum Gasteiger partial charge on any atom is -0.492 e. The number of hydrogen-bond acceptors (Lipinski definition) is 5. The van der Waals surface area contributed by atoms with Crippen LogP contribution in [0, 0.1) is 0 Å². The molecule has 2 aromatic carbocycles. The average molecular weight is 486 g/mol. The largest absolute Gasteiger partial charge is 0.492 e. The first-order chi connectivity index (χ1) is 16.9. The van der Waals surface area contributed by atoms with E-state index in [9.17, 15) is 18.0 Å². The normalized spacial score (nSPS) is 13.9. The van der Waals surface area contributed by atoms with E-state index in [1.807, 2.05) is 0 Å². The maximum Gasteiger partial charge on any atom is 0.421 e. The summed E-state index contributed by atoms with van der Waals surface area (Å²) in [5, 5.41) is 4.83. The van der Waals surface area contributed by atoms with Crippen LogP contribution < -0.4 is 20.1 Å². The second kappa shape index (κ2) is 11.1. The minimum absolute atomic E-state index is 0.128. The number of ether oxygens (including phenoxy) is 2. The Morgan fingerprint density at radius 1 is 0.971 bits per heavy atom. The van der Waals surface area contributed by atoms with Gasteiger partial charge in [0.05, 0.1) is 5.69 Å². The molecule has 0 atom stereocenters. The molecule has 2 heterocycles. The van der Waals surface area contributed by atoms with E-state index in [4.69, 9.17) is 9.47 Å². The molecule has 4 rings (SSSR count). The van der Waals surface area contributed by atoms with E-state index < -0.39 is 23.5 Å². The summed E-state index contributed by atoms with van der Waals surface area (Å²) < 4.78 is 52.9. The van der Waals surface area contributed by atoms with Gasteiger partial charge in [0, 0.05) is 30.7 Å². The molecule has 2 N–H and O–H groups in total. The highest BCUT2D eigenvalue weighted by Crippen LogP contribution is 2.41. The molecule has 35 heavy (non-hydrogen) atoms. The van der Waals surface area contributed by atoms with Gasteiger partial charge in [-0.3, -0.25) is 9.88 Å². The number of aromatic nitrogens is 1. The van der Waals surface area contributed by atoms with Crippen LogP contribution in [0.25, 0.3) is 0 Å². The molecule has 10 heteroatoms. The third-order valence-electron chi connectivity index (χ3n) is 5.40. The van der Waals surface area contributed by atoms with Crippen LogP contribution in [0.15, 0.2) is 67.0 Å². The molecule has 1 aliphatic heterocycles. The van der Waals surface area contributed by atoms with Gasteiger partial charge >= 0.3 is 12.2 Å². The Morgan fingerprint density at radius 3 is 2.46 bits per heavy atom. The van der Waals surface area contributed by atoms with E-state index in [0.717, 1.165) is 25.9 Å². The van der Waals surface area contributed by atoms with Crippen molar-refractivity contribution in [3.8, 4) is 17.2 Å². The molecule has 1 aliphatic rings. The van der Waals surface area contributed by atoms with Gasteiger partial charge in [-0.15, -0.1) is 0 Å². The monoisotopic (exact) mass is 486 g/mol. The molecule has 1 fully saturated rings. The van der Waals surface area contributed by atoms with Gasteiger partial charge in [-0.2, -0.15) is 13.2 Å². The van der Waals surface area contributed by atoms with Gasteiger partial charge in [-0.05, 0) is 62.3 Å². The number of nitrogens with one attached hydrogen (secondary N) is 2. The fourth-order valence-electron chi connectivity index (χ4n) is 3.80. The summed E-state index contributed by atoms with van der Waals surface area (Å²) in [6.45, 7) is 2.52. The van der Waals surface area contributed by atoms with Gasteiger partial charge in [-0.1, -0.05) is 12.1 Å². The summed E-state index contributed by atoms with van der Waals surface area (Å²) >= 11 is 0. The van der Waals surface area contributed by atoms with Crippen molar-refractivity contribution >= 4 is 17.4 Å². The predicted molar refractivity (Wildman–Crippen MR) is 126 cm³/mol. The lowest BCUT2D eigenvalue weighted by molar-refractivity contribution is -0.138. The van der Waals surface area contributed by atoms with Crippen LogP contribution in [-0.4, -0.2) is 42.2 Å². The Labute approximate surface area is 200 Å². The molecule has 0 spiro atoms. The molecule has 7 nitrogen and oxygen atoms in total. The third-order valence-corrected chi connectivity index (χ3v) is 5.40. The van der Waals surface area contributed by atoms with Gasteiger partial charge in [0.15, 0.2) is 0 Å².